The van der Waals surface area contributed by atoms with Gasteiger partial charge >= 0.3 is 0 Å². The number of anilines is 1. The fraction of sp³-hybridized carbons (Fsp3) is 0.625. The molecule has 1 fully saturated rings. The Morgan fingerprint density at radius 3 is 2.83 bits per heavy atom. The molecule has 3 rings (SSSR count). The van der Waals surface area contributed by atoms with Crippen molar-refractivity contribution in [3.8, 4) is 5.75 Å². The van der Waals surface area contributed by atoms with Crippen molar-refractivity contribution >= 4 is 5.69 Å². The third-order valence-corrected chi connectivity index (χ3v) is 4.43. The predicted molar refractivity (Wildman–Crippen MR) is 75.3 cm³/mol. The summed E-state index contributed by atoms with van der Waals surface area (Å²) in [7, 11) is 0. The monoisotopic (exact) mass is 245 g/mol. The Morgan fingerprint density at radius 1 is 1.22 bits per heavy atom. The van der Waals surface area contributed by atoms with E-state index in [1.807, 2.05) is 0 Å². The van der Waals surface area contributed by atoms with Crippen LogP contribution in [0.15, 0.2) is 18.2 Å². The highest BCUT2D eigenvalue weighted by Gasteiger charge is 2.27. The molecule has 0 radical (unpaired) electrons. The number of hydrogen-bond acceptors (Lipinski definition) is 2. The molecule has 1 aromatic rings. The lowest BCUT2D eigenvalue weighted by atomic mass is 9.83. The maximum Gasteiger partial charge on any atom is 0.142 e. The van der Waals surface area contributed by atoms with Gasteiger partial charge in [-0.3, -0.25) is 0 Å². The molecule has 2 aliphatic rings. The van der Waals surface area contributed by atoms with Crippen LogP contribution in [-0.2, 0) is 6.42 Å². The minimum atomic E-state index is 0.518. The molecule has 98 valence electrons. The number of nitrogens with one attached hydrogen (secondary N) is 1. The van der Waals surface area contributed by atoms with Gasteiger partial charge in [0.1, 0.15) is 12.4 Å². The number of fused-ring (bicyclic) bond motifs is 1. The van der Waals surface area contributed by atoms with Crippen molar-refractivity contribution < 1.29 is 4.74 Å². The van der Waals surface area contributed by atoms with E-state index in [-0.39, 0.29) is 0 Å². The van der Waals surface area contributed by atoms with Crippen molar-refractivity contribution in [1.82, 2.24) is 0 Å². The molecule has 1 N–H and O–H groups in total. The predicted octanol–water partition coefficient (Wildman–Crippen LogP) is 4.00. The van der Waals surface area contributed by atoms with Gasteiger partial charge in [0.05, 0.1) is 11.7 Å². The van der Waals surface area contributed by atoms with Crippen LogP contribution >= 0.6 is 0 Å². The van der Waals surface area contributed by atoms with Crippen LogP contribution in [0.2, 0.25) is 0 Å². The number of benzene rings is 1. The molecule has 0 spiro atoms. The lowest BCUT2D eigenvalue weighted by Gasteiger charge is -2.35. The summed E-state index contributed by atoms with van der Waals surface area (Å²) in [6, 6.07) is 7.05. The Kier molecular flexibility index (Phi) is 3.44. The van der Waals surface area contributed by atoms with Crippen molar-refractivity contribution in [1.29, 1.82) is 0 Å². The molecule has 0 saturated heterocycles. The Balaban J connectivity index is 1.74. The maximum atomic E-state index is 5.93. The molecular formula is C16H23NO. The fourth-order valence-electron chi connectivity index (χ4n) is 3.25. The highest BCUT2D eigenvalue weighted by atomic mass is 16.5. The summed E-state index contributed by atoms with van der Waals surface area (Å²) in [5.74, 6) is 1.83. The van der Waals surface area contributed by atoms with Gasteiger partial charge in [-0.15, -0.1) is 0 Å². The van der Waals surface area contributed by atoms with E-state index in [1.54, 1.807) is 0 Å². The zero-order valence-electron chi connectivity index (χ0n) is 11.2. The molecule has 2 heteroatoms. The van der Waals surface area contributed by atoms with Crippen molar-refractivity contribution in [3.63, 3.8) is 0 Å². The van der Waals surface area contributed by atoms with Gasteiger partial charge in [0, 0.05) is 0 Å². The van der Waals surface area contributed by atoms with Gasteiger partial charge in [-0.05, 0) is 42.9 Å². The second-order valence-corrected chi connectivity index (χ2v) is 5.64. The first-order chi connectivity index (χ1) is 8.86. The molecule has 18 heavy (non-hydrogen) atoms. The third kappa shape index (κ3) is 2.33. The average Bonchev–Trinajstić information content (AvgIpc) is 2.47. The first-order valence-electron chi connectivity index (χ1n) is 7.39. The van der Waals surface area contributed by atoms with Crippen LogP contribution in [0.4, 0.5) is 5.69 Å². The van der Waals surface area contributed by atoms with E-state index in [2.05, 4.69) is 30.4 Å². The molecule has 1 atom stereocenters. The summed E-state index contributed by atoms with van der Waals surface area (Å²) in [4.78, 5) is 0. The third-order valence-electron chi connectivity index (χ3n) is 4.43. The van der Waals surface area contributed by atoms with Crippen LogP contribution in [0, 0.1) is 5.92 Å². The van der Waals surface area contributed by atoms with Gasteiger partial charge in [-0.2, -0.15) is 0 Å². The quantitative estimate of drug-likeness (QED) is 0.850. The van der Waals surface area contributed by atoms with Crippen LogP contribution in [0.25, 0.3) is 0 Å². The van der Waals surface area contributed by atoms with E-state index in [9.17, 15) is 0 Å². The van der Waals surface area contributed by atoms with E-state index in [4.69, 9.17) is 4.74 Å². The largest absolute Gasteiger partial charge is 0.489 e. The highest BCUT2D eigenvalue weighted by Crippen LogP contribution is 2.35. The van der Waals surface area contributed by atoms with E-state index >= 15 is 0 Å². The van der Waals surface area contributed by atoms with Crippen LogP contribution < -0.4 is 10.1 Å². The molecule has 1 heterocycles. The minimum absolute atomic E-state index is 0.518. The average molecular weight is 245 g/mol. The molecule has 1 aromatic carbocycles. The van der Waals surface area contributed by atoms with Gasteiger partial charge in [-0.25, -0.2) is 0 Å². The smallest absolute Gasteiger partial charge is 0.142 e. The summed E-state index contributed by atoms with van der Waals surface area (Å²) in [5, 5.41) is 3.72. The number of aryl methyl sites for hydroxylation is 1. The molecule has 0 amide bonds. The van der Waals surface area contributed by atoms with E-state index in [0.29, 0.717) is 6.04 Å². The van der Waals surface area contributed by atoms with Crippen LogP contribution in [0.3, 0.4) is 0 Å². The van der Waals surface area contributed by atoms with Crippen LogP contribution in [0.1, 0.15) is 44.6 Å². The molecule has 0 bridgehead atoms. The normalized spacial score (nSPS) is 23.9. The van der Waals surface area contributed by atoms with E-state index in [1.165, 1.54) is 43.4 Å². The van der Waals surface area contributed by atoms with Gasteiger partial charge < -0.3 is 10.1 Å². The van der Waals surface area contributed by atoms with Gasteiger partial charge in [0.25, 0.3) is 0 Å². The maximum absolute atomic E-state index is 5.93. The summed E-state index contributed by atoms with van der Waals surface area (Å²) in [6.45, 7) is 3.03. The first kappa shape index (κ1) is 11.9. The molecule has 0 aromatic heterocycles. The lowest BCUT2D eigenvalue weighted by molar-refractivity contribution is 0.214. The highest BCUT2D eigenvalue weighted by molar-refractivity contribution is 5.60. The Morgan fingerprint density at radius 2 is 2.06 bits per heavy atom. The minimum Gasteiger partial charge on any atom is -0.489 e. The molecule has 1 aliphatic heterocycles. The van der Waals surface area contributed by atoms with Crippen molar-refractivity contribution in [2.75, 3.05) is 11.9 Å². The molecular weight excluding hydrogens is 222 g/mol. The van der Waals surface area contributed by atoms with Gasteiger partial charge in [-0.1, -0.05) is 32.3 Å². The molecule has 1 unspecified atom stereocenters. The van der Waals surface area contributed by atoms with Crippen molar-refractivity contribution in [3.05, 3.63) is 23.8 Å². The van der Waals surface area contributed by atoms with E-state index in [0.717, 1.165) is 24.7 Å². The molecule has 1 aliphatic carbocycles. The van der Waals surface area contributed by atoms with Crippen LogP contribution in [0.5, 0.6) is 5.75 Å². The fourth-order valence-corrected chi connectivity index (χ4v) is 3.25. The summed E-state index contributed by atoms with van der Waals surface area (Å²) >= 11 is 0. The Bertz CT molecular complexity index is 410. The Hall–Kier alpha value is -1.18. The first-order valence-corrected chi connectivity index (χ1v) is 7.39. The number of ether oxygens (including phenoxy) is 1. The standard InChI is InChI=1S/C16H23NO/c1-2-12-8-9-16-14(10-12)17-15(11-18-16)13-6-4-3-5-7-13/h8-10,13,15,17H,2-7,11H2,1H3. The number of hydrogen-bond donors (Lipinski definition) is 1. The second-order valence-electron chi connectivity index (χ2n) is 5.64. The Labute approximate surface area is 110 Å². The summed E-state index contributed by atoms with van der Waals surface area (Å²) < 4.78 is 5.93. The van der Waals surface area contributed by atoms with Gasteiger partial charge in [0.2, 0.25) is 0 Å². The zero-order chi connectivity index (χ0) is 12.4. The summed E-state index contributed by atoms with van der Waals surface area (Å²) in [5.41, 5.74) is 2.59. The van der Waals surface area contributed by atoms with E-state index < -0.39 is 0 Å². The molecule has 2 nitrogen and oxygen atoms in total. The second kappa shape index (κ2) is 5.21. The number of rotatable bonds is 2. The lowest BCUT2D eigenvalue weighted by Crippen LogP contribution is -2.38. The van der Waals surface area contributed by atoms with Gasteiger partial charge in [0.15, 0.2) is 0 Å². The SMILES string of the molecule is CCc1ccc2c(c1)NC(C1CCCCC1)CO2. The topological polar surface area (TPSA) is 21.3 Å². The van der Waals surface area contributed by atoms with Crippen LogP contribution in [-0.4, -0.2) is 12.6 Å². The van der Waals surface area contributed by atoms with Crippen molar-refractivity contribution in [2.45, 2.75) is 51.5 Å². The summed E-state index contributed by atoms with van der Waals surface area (Å²) in [6.07, 6.45) is 8.02. The molecule has 1 saturated carbocycles. The van der Waals surface area contributed by atoms with Crippen molar-refractivity contribution in [2.24, 2.45) is 5.92 Å². The zero-order valence-corrected chi connectivity index (χ0v) is 11.2.